The summed E-state index contributed by atoms with van der Waals surface area (Å²) in [6, 6.07) is 5.92. The van der Waals surface area contributed by atoms with Gasteiger partial charge in [0.05, 0.1) is 24.8 Å². The lowest BCUT2D eigenvalue weighted by Gasteiger charge is -2.30. The van der Waals surface area contributed by atoms with Crippen LogP contribution in [-0.2, 0) is 4.74 Å². The minimum absolute atomic E-state index is 0.0735. The highest BCUT2D eigenvalue weighted by molar-refractivity contribution is 6.08. The van der Waals surface area contributed by atoms with E-state index in [-0.39, 0.29) is 30.0 Å². The van der Waals surface area contributed by atoms with Crippen molar-refractivity contribution in [3.8, 4) is 5.88 Å². The van der Waals surface area contributed by atoms with Gasteiger partial charge in [-0.05, 0) is 56.6 Å². The summed E-state index contributed by atoms with van der Waals surface area (Å²) < 4.78 is 10.5. The average molecular weight is 382 g/mol. The third-order valence-electron chi connectivity index (χ3n) is 5.89. The van der Waals surface area contributed by atoms with Crippen LogP contribution >= 0.6 is 0 Å². The summed E-state index contributed by atoms with van der Waals surface area (Å²) >= 11 is 0. The number of benzene rings is 1. The molecule has 2 aliphatic carbocycles. The van der Waals surface area contributed by atoms with Gasteiger partial charge in [-0.2, -0.15) is 0 Å². The number of nitrogens with zero attached hydrogens (tertiary/aromatic N) is 1. The van der Waals surface area contributed by atoms with Crippen LogP contribution in [0.3, 0.4) is 0 Å². The smallest absolute Gasteiger partial charge is 0.343 e. The summed E-state index contributed by atoms with van der Waals surface area (Å²) in [5.41, 5.74) is 2.54. The van der Waals surface area contributed by atoms with Crippen molar-refractivity contribution in [3.05, 3.63) is 34.9 Å². The number of pyridine rings is 1. The number of aromatic nitrogens is 1. The maximum absolute atomic E-state index is 13.2. The zero-order valence-corrected chi connectivity index (χ0v) is 16.4. The second kappa shape index (κ2) is 7.78. The van der Waals surface area contributed by atoms with Crippen LogP contribution in [-0.4, -0.2) is 36.6 Å². The highest BCUT2D eigenvalue weighted by Gasteiger charge is 2.30. The molecule has 4 rings (SSSR count). The lowest BCUT2D eigenvalue weighted by molar-refractivity contribution is 0.0522. The van der Waals surface area contributed by atoms with Gasteiger partial charge in [0.25, 0.3) is 5.91 Å². The maximum Gasteiger partial charge on any atom is 0.343 e. The average Bonchev–Trinajstić information content (AvgIpc) is 2.62. The standard InChI is InChI=1S/C22H26N2O4/c1-3-28-22(26)17-12-14-10-11-16(13-6-4-7-13)18(19(14)24-21(17)27-2)20(25)23-15-8-5-9-15/h10-13,15H,3-9H2,1-2H3,(H,23,25). The first-order valence-electron chi connectivity index (χ1n) is 10.1. The fraction of sp³-hybridized carbons (Fsp3) is 0.500. The minimum Gasteiger partial charge on any atom is -0.480 e. The Kier molecular flexibility index (Phi) is 5.20. The van der Waals surface area contributed by atoms with Gasteiger partial charge in [0.15, 0.2) is 0 Å². The molecule has 1 N–H and O–H groups in total. The third-order valence-corrected chi connectivity index (χ3v) is 5.89. The van der Waals surface area contributed by atoms with Gasteiger partial charge in [0, 0.05) is 11.4 Å². The molecule has 0 radical (unpaired) electrons. The van der Waals surface area contributed by atoms with E-state index in [1.165, 1.54) is 13.5 Å². The van der Waals surface area contributed by atoms with Gasteiger partial charge in [0.1, 0.15) is 5.56 Å². The molecule has 2 fully saturated rings. The number of rotatable bonds is 6. The monoisotopic (exact) mass is 382 g/mol. The molecule has 2 aromatic rings. The highest BCUT2D eigenvalue weighted by Crippen LogP contribution is 2.40. The summed E-state index contributed by atoms with van der Waals surface area (Å²) in [5.74, 6) is 0.0337. The topological polar surface area (TPSA) is 77.5 Å². The van der Waals surface area contributed by atoms with Crippen molar-refractivity contribution in [2.75, 3.05) is 13.7 Å². The maximum atomic E-state index is 13.2. The molecule has 0 bridgehead atoms. The van der Waals surface area contributed by atoms with Crippen LogP contribution in [0.4, 0.5) is 0 Å². The largest absolute Gasteiger partial charge is 0.480 e. The Morgan fingerprint density at radius 1 is 1.18 bits per heavy atom. The lowest BCUT2D eigenvalue weighted by atomic mass is 9.77. The minimum atomic E-state index is -0.475. The fourth-order valence-electron chi connectivity index (χ4n) is 3.86. The van der Waals surface area contributed by atoms with E-state index in [4.69, 9.17) is 9.47 Å². The van der Waals surface area contributed by atoms with E-state index in [0.717, 1.165) is 43.1 Å². The summed E-state index contributed by atoms with van der Waals surface area (Å²) in [5, 5.41) is 3.89. The molecule has 1 aromatic heterocycles. The summed E-state index contributed by atoms with van der Waals surface area (Å²) in [7, 11) is 1.47. The summed E-state index contributed by atoms with van der Waals surface area (Å²) in [6.07, 6.45) is 6.58. The highest BCUT2D eigenvalue weighted by atomic mass is 16.5. The molecule has 148 valence electrons. The Balaban J connectivity index is 1.83. The molecule has 1 aromatic carbocycles. The SMILES string of the molecule is CCOC(=O)c1cc2ccc(C3CCC3)c(C(=O)NC3CCC3)c2nc1OC. The zero-order valence-electron chi connectivity index (χ0n) is 16.4. The van der Waals surface area contributed by atoms with Gasteiger partial charge in [-0.15, -0.1) is 0 Å². The molecule has 0 aliphatic heterocycles. The molecule has 0 atom stereocenters. The van der Waals surface area contributed by atoms with Crippen molar-refractivity contribution in [3.63, 3.8) is 0 Å². The second-order valence-electron chi connectivity index (χ2n) is 7.60. The van der Waals surface area contributed by atoms with E-state index in [1.807, 2.05) is 12.1 Å². The Morgan fingerprint density at radius 2 is 1.93 bits per heavy atom. The van der Waals surface area contributed by atoms with E-state index in [0.29, 0.717) is 17.0 Å². The van der Waals surface area contributed by atoms with Crippen LogP contribution in [0, 0.1) is 0 Å². The van der Waals surface area contributed by atoms with E-state index in [9.17, 15) is 9.59 Å². The number of amides is 1. The zero-order chi connectivity index (χ0) is 19.7. The molecule has 28 heavy (non-hydrogen) atoms. The van der Waals surface area contributed by atoms with Crippen molar-refractivity contribution >= 4 is 22.8 Å². The Morgan fingerprint density at radius 3 is 2.50 bits per heavy atom. The molecular weight excluding hydrogens is 356 g/mol. The number of esters is 1. The predicted octanol–water partition coefficient (Wildman–Crippen LogP) is 3.97. The number of hydrogen-bond acceptors (Lipinski definition) is 5. The molecule has 0 spiro atoms. The van der Waals surface area contributed by atoms with E-state index < -0.39 is 5.97 Å². The van der Waals surface area contributed by atoms with Gasteiger partial charge in [0.2, 0.25) is 5.88 Å². The van der Waals surface area contributed by atoms with E-state index in [2.05, 4.69) is 10.3 Å². The number of carbonyl (C=O) groups is 2. The molecule has 2 aliphatic rings. The Hall–Kier alpha value is -2.63. The fourth-order valence-corrected chi connectivity index (χ4v) is 3.86. The first-order valence-corrected chi connectivity index (χ1v) is 10.1. The normalized spacial score (nSPS) is 16.9. The molecular formula is C22H26N2O4. The second-order valence-corrected chi connectivity index (χ2v) is 7.60. The summed E-state index contributed by atoms with van der Waals surface area (Å²) in [6.45, 7) is 2.03. The van der Waals surface area contributed by atoms with Gasteiger partial charge in [-0.3, -0.25) is 4.79 Å². The van der Waals surface area contributed by atoms with Crippen LogP contribution in [0.2, 0.25) is 0 Å². The molecule has 6 heteroatoms. The van der Waals surface area contributed by atoms with Gasteiger partial charge in [-0.1, -0.05) is 18.6 Å². The molecule has 1 amide bonds. The quantitative estimate of drug-likeness (QED) is 0.765. The number of ether oxygens (including phenoxy) is 2. The van der Waals surface area contributed by atoms with Crippen molar-refractivity contribution in [1.82, 2.24) is 10.3 Å². The van der Waals surface area contributed by atoms with Crippen LogP contribution in [0.5, 0.6) is 5.88 Å². The van der Waals surface area contributed by atoms with Crippen LogP contribution in [0.1, 0.15) is 77.6 Å². The van der Waals surface area contributed by atoms with Crippen molar-refractivity contribution in [2.45, 2.75) is 57.4 Å². The van der Waals surface area contributed by atoms with Gasteiger partial charge < -0.3 is 14.8 Å². The Bertz CT molecular complexity index is 916. The number of carbonyl (C=O) groups excluding carboxylic acids is 2. The first-order chi connectivity index (χ1) is 13.6. The predicted molar refractivity (Wildman–Crippen MR) is 106 cm³/mol. The molecule has 0 saturated heterocycles. The number of nitrogens with one attached hydrogen (secondary N) is 1. The van der Waals surface area contributed by atoms with Crippen LogP contribution < -0.4 is 10.1 Å². The summed E-state index contributed by atoms with van der Waals surface area (Å²) in [4.78, 5) is 30.0. The van der Waals surface area contributed by atoms with Gasteiger partial charge in [-0.25, -0.2) is 9.78 Å². The molecule has 6 nitrogen and oxygen atoms in total. The van der Waals surface area contributed by atoms with Crippen LogP contribution in [0.15, 0.2) is 18.2 Å². The number of methoxy groups -OCH3 is 1. The number of fused-ring (bicyclic) bond motifs is 1. The van der Waals surface area contributed by atoms with Gasteiger partial charge >= 0.3 is 5.97 Å². The van der Waals surface area contributed by atoms with Crippen LogP contribution in [0.25, 0.3) is 10.9 Å². The van der Waals surface area contributed by atoms with Crippen molar-refractivity contribution < 1.29 is 19.1 Å². The first kappa shape index (κ1) is 18.7. The molecule has 2 saturated carbocycles. The Labute approximate surface area is 164 Å². The molecule has 0 unspecified atom stereocenters. The third kappa shape index (κ3) is 3.32. The van der Waals surface area contributed by atoms with Crippen molar-refractivity contribution in [1.29, 1.82) is 0 Å². The van der Waals surface area contributed by atoms with E-state index in [1.54, 1.807) is 13.0 Å². The number of hydrogen-bond donors (Lipinski definition) is 1. The molecule has 1 heterocycles. The lowest BCUT2D eigenvalue weighted by Crippen LogP contribution is -2.40. The van der Waals surface area contributed by atoms with E-state index >= 15 is 0 Å². The van der Waals surface area contributed by atoms with Crippen molar-refractivity contribution in [2.24, 2.45) is 0 Å².